The number of carbonyl (C=O) groups excluding carboxylic acids is 1. The fraction of sp³-hybridized carbons (Fsp3) is 0.462. The van der Waals surface area contributed by atoms with Gasteiger partial charge in [0.05, 0.1) is 12.7 Å². The molecule has 1 aromatic rings. The van der Waals surface area contributed by atoms with Gasteiger partial charge in [-0.2, -0.15) is 4.99 Å². The van der Waals surface area contributed by atoms with Gasteiger partial charge in [0.15, 0.2) is 11.6 Å². The van der Waals surface area contributed by atoms with Gasteiger partial charge in [0.1, 0.15) is 11.4 Å². The van der Waals surface area contributed by atoms with E-state index in [4.69, 9.17) is 4.74 Å². The zero-order valence-corrected chi connectivity index (χ0v) is 10.0. The van der Waals surface area contributed by atoms with E-state index in [9.17, 15) is 13.6 Å². The van der Waals surface area contributed by atoms with Crippen LogP contribution in [0, 0.1) is 11.6 Å². The number of halogens is 2. The van der Waals surface area contributed by atoms with Gasteiger partial charge >= 0.3 is 0 Å². The van der Waals surface area contributed by atoms with Crippen LogP contribution in [0.2, 0.25) is 0 Å². The van der Waals surface area contributed by atoms with Crippen molar-refractivity contribution in [3.63, 3.8) is 0 Å². The first kappa shape index (κ1) is 12.7. The number of aliphatic imine (C=N–C) groups is 1. The van der Waals surface area contributed by atoms with Crippen LogP contribution in [-0.4, -0.2) is 13.2 Å². The predicted molar refractivity (Wildman–Crippen MR) is 61.2 cm³/mol. The normalized spacial score (nSPS) is 17.3. The smallest absolute Gasteiger partial charge is 0.235 e. The van der Waals surface area contributed by atoms with Crippen LogP contribution in [0.25, 0.3) is 0 Å². The van der Waals surface area contributed by atoms with Crippen LogP contribution in [0.15, 0.2) is 17.1 Å². The molecule has 1 aliphatic carbocycles. The van der Waals surface area contributed by atoms with Crippen molar-refractivity contribution in [2.45, 2.75) is 31.2 Å². The number of rotatable bonds is 3. The molecule has 0 aromatic heterocycles. The average Bonchev–Trinajstić information content (AvgIpc) is 2.81. The highest BCUT2D eigenvalue weighted by Crippen LogP contribution is 2.47. The molecule has 0 radical (unpaired) electrons. The first-order valence-corrected chi connectivity index (χ1v) is 5.76. The summed E-state index contributed by atoms with van der Waals surface area (Å²) in [6.07, 6.45) is 4.09. The molecule has 0 saturated heterocycles. The summed E-state index contributed by atoms with van der Waals surface area (Å²) in [5.41, 5.74) is -0.995. The summed E-state index contributed by atoms with van der Waals surface area (Å²) in [6, 6.07) is 2.04. The van der Waals surface area contributed by atoms with Crippen LogP contribution >= 0.6 is 0 Å². The molecule has 96 valence electrons. The highest BCUT2D eigenvalue weighted by atomic mass is 19.1. The Balaban J connectivity index is 2.68. The maximum atomic E-state index is 14.0. The summed E-state index contributed by atoms with van der Waals surface area (Å²) >= 11 is 0. The van der Waals surface area contributed by atoms with Crippen LogP contribution in [0.5, 0.6) is 5.75 Å². The zero-order chi connectivity index (χ0) is 13.2. The van der Waals surface area contributed by atoms with E-state index < -0.39 is 17.2 Å². The van der Waals surface area contributed by atoms with Crippen molar-refractivity contribution in [2.24, 2.45) is 4.99 Å². The minimum atomic E-state index is -1.03. The van der Waals surface area contributed by atoms with Gasteiger partial charge < -0.3 is 4.74 Å². The molecular weight excluding hydrogens is 240 g/mol. The largest absolute Gasteiger partial charge is 0.493 e. The highest BCUT2D eigenvalue weighted by Gasteiger charge is 2.41. The molecule has 5 heteroatoms. The van der Waals surface area contributed by atoms with Gasteiger partial charge in [-0.05, 0) is 25.0 Å². The maximum absolute atomic E-state index is 14.0. The molecule has 0 unspecified atom stereocenters. The molecule has 3 nitrogen and oxygen atoms in total. The third-order valence-corrected chi connectivity index (χ3v) is 3.42. The van der Waals surface area contributed by atoms with Crippen molar-refractivity contribution in [1.29, 1.82) is 0 Å². The molecule has 0 bridgehead atoms. The summed E-state index contributed by atoms with van der Waals surface area (Å²) in [5.74, 6) is -1.42. The number of hydrogen-bond acceptors (Lipinski definition) is 3. The molecule has 0 heterocycles. The van der Waals surface area contributed by atoms with Gasteiger partial charge in [-0.3, -0.25) is 0 Å². The van der Waals surface area contributed by atoms with Gasteiger partial charge in [-0.25, -0.2) is 13.6 Å². The second-order valence-corrected chi connectivity index (χ2v) is 4.38. The Morgan fingerprint density at radius 1 is 1.28 bits per heavy atom. The standard InChI is InChI=1S/C13H13F2NO2/c1-18-12-10(15)5-4-9(14)11(12)13(16-8-17)6-2-3-7-13/h4-5H,2-3,6-7H2,1H3. The van der Waals surface area contributed by atoms with Gasteiger partial charge in [0.2, 0.25) is 6.08 Å². The van der Waals surface area contributed by atoms with Crippen LogP contribution < -0.4 is 4.74 Å². The van der Waals surface area contributed by atoms with Gasteiger partial charge in [0, 0.05) is 0 Å². The number of benzene rings is 1. The summed E-state index contributed by atoms with van der Waals surface area (Å²) in [4.78, 5) is 14.3. The fourth-order valence-corrected chi connectivity index (χ4v) is 2.63. The van der Waals surface area contributed by atoms with Crippen LogP contribution in [-0.2, 0) is 10.3 Å². The molecule has 0 amide bonds. The van der Waals surface area contributed by atoms with Gasteiger partial charge in [0.25, 0.3) is 0 Å². The fourth-order valence-electron chi connectivity index (χ4n) is 2.63. The number of methoxy groups -OCH3 is 1. The van der Waals surface area contributed by atoms with E-state index >= 15 is 0 Å². The molecule has 1 aromatic carbocycles. The quantitative estimate of drug-likeness (QED) is 0.613. The molecule has 0 N–H and O–H groups in total. The topological polar surface area (TPSA) is 38.7 Å². The predicted octanol–water partition coefficient (Wildman–Crippen LogP) is 3.08. The van der Waals surface area contributed by atoms with E-state index in [1.165, 1.54) is 13.2 Å². The van der Waals surface area contributed by atoms with Crippen molar-refractivity contribution in [2.75, 3.05) is 7.11 Å². The molecule has 2 rings (SSSR count). The molecule has 18 heavy (non-hydrogen) atoms. The van der Waals surface area contributed by atoms with E-state index in [0.29, 0.717) is 12.8 Å². The number of ether oxygens (including phenoxy) is 1. The molecule has 0 spiro atoms. The van der Waals surface area contributed by atoms with E-state index in [1.54, 1.807) is 0 Å². The third kappa shape index (κ3) is 1.91. The van der Waals surface area contributed by atoms with Crippen molar-refractivity contribution >= 4 is 6.08 Å². The molecule has 1 saturated carbocycles. The van der Waals surface area contributed by atoms with Crippen molar-refractivity contribution in [1.82, 2.24) is 0 Å². The Labute approximate surface area is 103 Å². The lowest BCUT2D eigenvalue weighted by atomic mass is 9.87. The molecule has 0 atom stereocenters. The molecule has 1 aliphatic rings. The second kappa shape index (κ2) is 4.86. The summed E-state index contributed by atoms with van der Waals surface area (Å²) in [5, 5.41) is 0. The van der Waals surface area contributed by atoms with E-state index in [2.05, 4.69) is 4.99 Å². The van der Waals surface area contributed by atoms with Crippen molar-refractivity contribution in [3.05, 3.63) is 29.3 Å². The summed E-state index contributed by atoms with van der Waals surface area (Å²) in [7, 11) is 1.27. The second-order valence-electron chi connectivity index (χ2n) is 4.38. The number of isocyanates is 1. The SMILES string of the molecule is COc1c(F)ccc(F)c1C1(N=C=O)CCCC1. The van der Waals surface area contributed by atoms with Crippen molar-refractivity contribution in [3.8, 4) is 5.75 Å². The molecule has 0 aliphatic heterocycles. The molecular formula is C13H13F2NO2. The van der Waals surface area contributed by atoms with Gasteiger partial charge in [-0.1, -0.05) is 12.8 Å². The Kier molecular flexibility index (Phi) is 3.43. The van der Waals surface area contributed by atoms with Crippen LogP contribution in [0.3, 0.4) is 0 Å². The Hall–Kier alpha value is -1.74. The van der Waals surface area contributed by atoms with E-state index in [0.717, 1.165) is 25.0 Å². The van der Waals surface area contributed by atoms with Crippen LogP contribution in [0.4, 0.5) is 8.78 Å². The highest BCUT2D eigenvalue weighted by molar-refractivity contribution is 5.46. The third-order valence-electron chi connectivity index (χ3n) is 3.42. The monoisotopic (exact) mass is 253 g/mol. The van der Waals surface area contributed by atoms with Gasteiger partial charge in [-0.15, -0.1) is 0 Å². The maximum Gasteiger partial charge on any atom is 0.235 e. The minimum absolute atomic E-state index is 0.0332. The first-order valence-electron chi connectivity index (χ1n) is 5.76. The lowest BCUT2D eigenvalue weighted by molar-refractivity contribution is 0.345. The Morgan fingerprint density at radius 3 is 2.44 bits per heavy atom. The zero-order valence-electron chi connectivity index (χ0n) is 10.0. The molecule has 1 fully saturated rings. The Bertz CT molecular complexity index is 504. The van der Waals surface area contributed by atoms with E-state index in [-0.39, 0.29) is 11.3 Å². The summed E-state index contributed by atoms with van der Waals surface area (Å²) in [6.45, 7) is 0. The Morgan fingerprint density at radius 2 is 1.89 bits per heavy atom. The lowest BCUT2D eigenvalue weighted by Gasteiger charge is -2.25. The number of hydrogen-bond donors (Lipinski definition) is 0. The van der Waals surface area contributed by atoms with Crippen LogP contribution in [0.1, 0.15) is 31.2 Å². The minimum Gasteiger partial charge on any atom is -0.493 e. The number of nitrogens with zero attached hydrogens (tertiary/aromatic N) is 1. The van der Waals surface area contributed by atoms with Crippen molar-refractivity contribution < 1.29 is 18.3 Å². The summed E-state index contributed by atoms with van der Waals surface area (Å²) < 4.78 is 32.6. The average molecular weight is 253 g/mol. The first-order chi connectivity index (χ1) is 8.64. The van der Waals surface area contributed by atoms with E-state index in [1.807, 2.05) is 0 Å². The lowest BCUT2D eigenvalue weighted by Crippen LogP contribution is -2.22.